The minimum Gasteiger partial charge on any atom is -0.368 e. The molecule has 0 spiro atoms. The molecule has 1 aliphatic carbocycles. The van der Waals surface area contributed by atoms with E-state index in [2.05, 4.69) is 34.4 Å². The van der Waals surface area contributed by atoms with E-state index in [1.165, 1.54) is 19.3 Å². The number of anilines is 1. The first kappa shape index (κ1) is 15.7. The lowest BCUT2D eigenvalue weighted by Gasteiger charge is -2.22. The number of hydrogen-bond donors (Lipinski definition) is 2. The van der Waals surface area contributed by atoms with Gasteiger partial charge in [-0.3, -0.25) is 4.79 Å². The summed E-state index contributed by atoms with van der Waals surface area (Å²) in [6.45, 7) is 6.03. The van der Waals surface area contributed by atoms with Gasteiger partial charge in [0.25, 0.3) is 5.91 Å². The van der Waals surface area contributed by atoms with Crippen LogP contribution in [0.2, 0.25) is 0 Å². The van der Waals surface area contributed by atoms with Gasteiger partial charge in [-0.15, -0.1) is 0 Å². The van der Waals surface area contributed by atoms with Gasteiger partial charge in [0.1, 0.15) is 17.3 Å². The zero-order chi connectivity index (χ0) is 15.2. The van der Waals surface area contributed by atoms with Crippen molar-refractivity contribution < 1.29 is 4.79 Å². The molecule has 5 nitrogen and oxygen atoms in total. The molecule has 0 aromatic carbocycles. The van der Waals surface area contributed by atoms with Gasteiger partial charge in [0.05, 0.1) is 0 Å². The second-order valence-electron chi connectivity index (χ2n) is 5.95. The summed E-state index contributed by atoms with van der Waals surface area (Å²) in [6.07, 6.45) is 6.85. The number of carbonyl (C=O) groups excluding carboxylic acids is 1. The second kappa shape index (κ2) is 7.38. The molecule has 1 saturated carbocycles. The van der Waals surface area contributed by atoms with Crippen LogP contribution in [0.1, 0.15) is 68.7 Å². The minimum absolute atomic E-state index is 0.0837. The van der Waals surface area contributed by atoms with Gasteiger partial charge in [0.2, 0.25) is 0 Å². The predicted octanol–water partition coefficient (Wildman–Crippen LogP) is 3.06. The molecular formula is C16H26N4O. The fraction of sp³-hybridized carbons (Fsp3) is 0.688. The first-order chi connectivity index (χ1) is 10.1. The van der Waals surface area contributed by atoms with Gasteiger partial charge in [-0.1, -0.05) is 26.2 Å². The van der Waals surface area contributed by atoms with Crippen LogP contribution in [0.4, 0.5) is 5.82 Å². The lowest BCUT2D eigenvalue weighted by molar-refractivity contribution is 0.0922. The molecule has 1 fully saturated rings. The van der Waals surface area contributed by atoms with Crippen LogP contribution in [0, 0.1) is 6.92 Å². The Labute approximate surface area is 127 Å². The van der Waals surface area contributed by atoms with Crippen LogP contribution in [-0.2, 0) is 0 Å². The summed E-state index contributed by atoms with van der Waals surface area (Å²) in [5.41, 5.74) is 0.457. The molecule has 116 valence electrons. The average molecular weight is 290 g/mol. The van der Waals surface area contributed by atoms with Crippen LogP contribution in [-0.4, -0.2) is 28.0 Å². The van der Waals surface area contributed by atoms with E-state index in [1.807, 2.05) is 6.92 Å². The van der Waals surface area contributed by atoms with Gasteiger partial charge in [0, 0.05) is 18.2 Å². The van der Waals surface area contributed by atoms with E-state index in [-0.39, 0.29) is 5.91 Å². The third-order valence-corrected chi connectivity index (χ3v) is 4.02. The van der Waals surface area contributed by atoms with Crippen LogP contribution in [0.25, 0.3) is 0 Å². The Morgan fingerprint density at radius 1 is 1.33 bits per heavy atom. The Balaban J connectivity index is 2.05. The Morgan fingerprint density at radius 3 is 2.71 bits per heavy atom. The molecule has 1 heterocycles. The summed E-state index contributed by atoms with van der Waals surface area (Å²) in [5.74, 6) is 1.27. The number of hydrogen-bond acceptors (Lipinski definition) is 4. The molecule has 0 saturated heterocycles. The van der Waals surface area contributed by atoms with Gasteiger partial charge < -0.3 is 10.6 Å². The number of amides is 1. The third kappa shape index (κ3) is 4.69. The molecule has 2 rings (SSSR count). The fourth-order valence-corrected chi connectivity index (χ4v) is 2.62. The molecule has 0 bridgehead atoms. The molecule has 5 heteroatoms. The first-order valence-electron chi connectivity index (χ1n) is 8.01. The van der Waals surface area contributed by atoms with E-state index in [4.69, 9.17) is 0 Å². The first-order valence-corrected chi connectivity index (χ1v) is 8.01. The van der Waals surface area contributed by atoms with Crippen molar-refractivity contribution in [3.8, 4) is 0 Å². The SMILES string of the molecule is CCC(C)Nc1cc(C(=O)NC2CCCCC2)nc(C)n1. The van der Waals surface area contributed by atoms with Crippen molar-refractivity contribution in [3.63, 3.8) is 0 Å². The summed E-state index contributed by atoms with van der Waals surface area (Å²) in [4.78, 5) is 21.0. The van der Waals surface area contributed by atoms with E-state index in [9.17, 15) is 4.79 Å². The van der Waals surface area contributed by atoms with Crippen molar-refractivity contribution in [2.75, 3.05) is 5.32 Å². The van der Waals surface area contributed by atoms with Gasteiger partial charge in [-0.05, 0) is 33.1 Å². The molecule has 0 radical (unpaired) electrons. The van der Waals surface area contributed by atoms with Crippen molar-refractivity contribution in [1.29, 1.82) is 0 Å². The highest BCUT2D eigenvalue weighted by molar-refractivity contribution is 5.93. The summed E-state index contributed by atoms with van der Waals surface area (Å²) in [5, 5.41) is 6.40. The van der Waals surface area contributed by atoms with Crippen molar-refractivity contribution >= 4 is 11.7 Å². The Kier molecular flexibility index (Phi) is 5.53. The summed E-state index contributed by atoms with van der Waals surface area (Å²) >= 11 is 0. The van der Waals surface area contributed by atoms with Gasteiger partial charge in [-0.25, -0.2) is 9.97 Å². The van der Waals surface area contributed by atoms with E-state index in [0.717, 1.165) is 25.1 Å². The van der Waals surface area contributed by atoms with Crippen molar-refractivity contribution in [1.82, 2.24) is 15.3 Å². The largest absolute Gasteiger partial charge is 0.368 e. The minimum atomic E-state index is -0.0837. The van der Waals surface area contributed by atoms with Gasteiger partial charge in [0.15, 0.2) is 0 Å². The summed E-state index contributed by atoms with van der Waals surface area (Å²) < 4.78 is 0. The standard InChI is InChI=1S/C16H26N4O/c1-4-11(2)17-15-10-14(18-12(3)19-15)16(21)20-13-8-6-5-7-9-13/h10-11,13H,4-9H2,1-3H3,(H,20,21)(H,17,18,19). The topological polar surface area (TPSA) is 66.9 Å². The smallest absolute Gasteiger partial charge is 0.270 e. The highest BCUT2D eigenvalue weighted by Gasteiger charge is 2.18. The normalized spacial score (nSPS) is 17.3. The lowest BCUT2D eigenvalue weighted by atomic mass is 9.95. The highest BCUT2D eigenvalue weighted by atomic mass is 16.1. The Bertz CT molecular complexity index is 483. The highest BCUT2D eigenvalue weighted by Crippen LogP contribution is 2.18. The van der Waals surface area contributed by atoms with E-state index in [0.29, 0.717) is 23.6 Å². The van der Waals surface area contributed by atoms with Gasteiger partial charge >= 0.3 is 0 Å². The van der Waals surface area contributed by atoms with Crippen LogP contribution in [0.3, 0.4) is 0 Å². The maximum Gasteiger partial charge on any atom is 0.270 e. The maximum absolute atomic E-state index is 12.3. The molecule has 21 heavy (non-hydrogen) atoms. The van der Waals surface area contributed by atoms with E-state index < -0.39 is 0 Å². The number of nitrogens with zero attached hydrogens (tertiary/aromatic N) is 2. The third-order valence-electron chi connectivity index (χ3n) is 4.02. The van der Waals surface area contributed by atoms with Gasteiger partial charge in [-0.2, -0.15) is 0 Å². The molecule has 0 aliphatic heterocycles. The molecule has 1 aliphatic rings. The lowest BCUT2D eigenvalue weighted by Crippen LogP contribution is -2.36. The summed E-state index contributed by atoms with van der Waals surface area (Å²) in [6, 6.07) is 2.37. The predicted molar refractivity (Wildman–Crippen MR) is 84.5 cm³/mol. The van der Waals surface area contributed by atoms with Crippen LogP contribution in [0.15, 0.2) is 6.07 Å². The maximum atomic E-state index is 12.3. The number of carbonyl (C=O) groups is 1. The average Bonchev–Trinajstić information content (AvgIpc) is 2.47. The molecule has 1 unspecified atom stereocenters. The zero-order valence-corrected chi connectivity index (χ0v) is 13.3. The van der Waals surface area contributed by atoms with Crippen LogP contribution >= 0.6 is 0 Å². The number of rotatable bonds is 5. The quantitative estimate of drug-likeness (QED) is 0.874. The van der Waals surface area contributed by atoms with Crippen molar-refractivity contribution in [2.24, 2.45) is 0 Å². The van der Waals surface area contributed by atoms with E-state index in [1.54, 1.807) is 6.07 Å². The molecule has 1 amide bonds. The Hall–Kier alpha value is -1.65. The molecular weight excluding hydrogens is 264 g/mol. The van der Waals surface area contributed by atoms with Crippen LogP contribution in [0.5, 0.6) is 0 Å². The molecule has 1 aromatic rings. The fourth-order valence-electron chi connectivity index (χ4n) is 2.62. The molecule has 2 N–H and O–H groups in total. The van der Waals surface area contributed by atoms with Crippen LogP contribution < -0.4 is 10.6 Å². The van der Waals surface area contributed by atoms with Crippen molar-refractivity contribution in [2.45, 2.75) is 71.4 Å². The van der Waals surface area contributed by atoms with Crippen molar-refractivity contribution in [3.05, 3.63) is 17.6 Å². The second-order valence-corrected chi connectivity index (χ2v) is 5.95. The number of nitrogens with one attached hydrogen (secondary N) is 2. The molecule has 1 aromatic heterocycles. The zero-order valence-electron chi connectivity index (χ0n) is 13.3. The van der Waals surface area contributed by atoms with E-state index >= 15 is 0 Å². The number of aryl methyl sites for hydroxylation is 1. The summed E-state index contributed by atoms with van der Waals surface area (Å²) in [7, 11) is 0. The monoisotopic (exact) mass is 290 g/mol. The number of aromatic nitrogens is 2. The molecule has 1 atom stereocenters. The Morgan fingerprint density at radius 2 is 2.05 bits per heavy atom.